The number of rotatable bonds is 4. The van der Waals surface area contributed by atoms with E-state index < -0.39 is 0 Å². The van der Waals surface area contributed by atoms with Crippen LogP contribution in [0.25, 0.3) is 0 Å². The van der Waals surface area contributed by atoms with E-state index in [2.05, 4.69) is 10.4 Å². The highest BCUT2D eigenvalue weighted by atomic mass is 16.3. The molecule has 1 heterocycles. The van der Waals surface area contributed by atoms with Gasteiger partial charge in [0.05, 0.1) is 0 Å². The van der Waals surface area contributed by atoms with Gasteiger partial charge in [-0.05, 0) is 26.0 Å². The van der Waals surface area contributed by atoms with Gasteiger partial charge in [-0.15, -0.1) is 0 Å². The van der Waals surface area contributed by atoms with Crippen molar-refractivity contribution in [2.75, 3.05) is 5.32 Å². The molecule has 96 valence electrons. The Kier molecular flexibility index (Phi) is 3.41. The molecule has 0 bridgehead atoms. The normalized spacial score (nSPS) is 10.6. The van der Waals surface area contributed by atoms with Crippen molar-refractivity contribution in [1.29, 1.82) is 0 Å². The lowest BCUT2D eigenvalue weighted by molar-refractivity contribution is 0.446. The highest BCUT2D eigenvalue weighted by Crippen LogP contribution is 2.23. The van der Waals surface area contributed by atoms with E-state index in [0.717, 1.165) is 23.5 Å². The Morgan fingerprint density at radius 1 is 1.33 bits per heavy atom. The fourth-order valence-electron chi connectivity index (χ4n) is 1.74. The van der Waals surface area contributed by atoms with E-state index >= 15 is 0 Å². The maximum Gasteiger partial charge on any atom is 0.151 e. The van der Waals surface area contributed by atoms with E-state index in [1.165, 1.54) is 6.07 Å². The third-order valence-electron chi connectivity index (χ3n) is 2.78. The topological polar surface area (TPSA) is 70.3 Å². The number of hydrogen-bond acceptors (Lipinski definition) is 4. The van der Waals surface area contributed by atoms with Crippen LogP contribution < -0.4 is 5.32 Å². The Labute approximate surface area is 106 Å². The van der Waals surface area contributed by atoms with Crippen LogP contribution in [0.15, 0.2) is 24.4 Å². The molecule has 1 aromatic heterocycles. The van der Waals surface area contributed by atoms with Crippen LogP contribution in [0.5, 0.6) is 11.5 Å². The second-order valence-electron chi connectivity index (χ2n) is 4.18. The summed E-state index contributed by atoms with van der Waals surface area (Å²) >= 11 is 0. The largest absolute Gasteiger partial charge is 0.508 e. The van der Waals surface area contributed by atoms with Crippen LogP contribution in [-0.2, 0) is 13.1 Å². The lowest BCUT2D eigenvalue weighted by Gasteiger charge is -2.07. The van der Waals surface area contributed by atoms with Crippen LogP contribution in [-0.4, -0.2) is 20.0 Å². The first kappa shape index (κ1) is 12.3. The summed E-state index contributed by atoms with van der Waals surface area (Å²) in [5, 5.41) is 26.4. The summed E-state index contributed by atoms with van der Waals surface area (Å²) in [6.45, 7) is 5.31. The highest BCUT2D eigenvalue weighted by molar-refractivity contribution is 5.45. The molecule has 3 N–H and O–H groups in total. The standard InChI is InChI=1S/C13H17N3O2/c1-3-16-8-9(2)13(15-16)14-7-10-4-5-11(17)6-12(10)18/h4-6,8,17-18H,3,7H2,1-2H3,(H,14,15). The van der Waals surface area contributed by atoms with E-state index in [9.17, 15) is 10.2 Å². The van der Waals surface area contributed by atoms with Crippen molar-refractivity contribution in [3.8, 4) is 11.5 Å². The summed E-state index contributed by atoms with van der Waals surface area (Å²) in [6.07, 6.45) is 1.97. The fourth-order valence-corrected chi connectivity index (χ4v) is 1.74. The van der Waals surface area contributed by atoms with E-state index in [-0.39, 0.29) is 11.5 Å². The van der Waals surface area contributed by atoms with Crippen molar-refractivity contribution < 1.29 is 10.2 Å². The van der Waals surface area contributed by atoms with Crippen molar-refractivity contribution in [3.05, 3.63) is 35.5 Å². The highest BCUT2D eigenvalue weighted by Gasteiger charge is 2.06. The van der Waals surface area contributed by atoms with E-state index in [1.807, 2.05) is 24.7 Å². The Balaban J connectivity index is 2.08. The lowest BCUT2D eigenvalue weighted by Crippen LogP contribution is -2.02. The minimum atomic E-state index is 0.0580. The molecule has 0 radical (unpaired) electrons. The maximum atomic E-state index is 9.66. The first-order valence-electron chi connectivity index (χ1n) is 5.89. The molecule has 0 unspecified atom stereocenters. The summed E-state index contributed by atoms with van der Waals surface area (Å²) in [5.74, 6) is 0.946. The molecule has 18 heavy (non-hydrogen) atoms. The zero-order valence-electron chi connectivity index (χ0n) is 10.5. The molecule has 2 aromatic rings. The number of aromatic hydroxyl groups is 2. The molecule has 5 heteroatoms. The molecule has 0 aliphatic carbocycles. The summed E-state index contributed by atoms with van der Waals surface area (Å²) < 4.78 is 1.86. The number of phenolic OH excluding ortho intramolecular Hbond substituents is 2. The minimum Gasteiger partial charge on any atom is -0.508 e. The number of phenols is 2. The van der Waals surface area contributed by atoms with Gasteiger partial charge in [0.1, 0.15) is 11.5 Å². The third kappa shape index (κ3) is 2.56. The van der Waals surface area contributed by atoms with Crippen molar-refractivity contribution in [2.45, 2.75) is 26.9 Å². The number of nitrogens with zero attached hydrogens (tertiary/aromatic N) is 2. The Morgan fingerprint density at radius 3 is 2.72 bits per heavy atom. The SMILES string of the molecule is CCn1cc(C)c(NCc2ccc(O)cc2O)n1. The molecule has 0 fully saturated rings. The van der Waals surface area contributed by atoms with Crippen molar-refractivity contribution in [3.63, 3.8) is 0 Å². The molecule has 5 nitrogen and oxygen atoms in total. The zero-order chi connectivity index (χ0) is 13.1. The van der Waals surface area contributed by atoms with Crippen molar-refractivity contribution >= 4 is 5.82 Å². The van der Waals surface area contributed by atoms with Crippen molar-refractivity contribution in [2.24, 2.45) is 0 Å². The molecule has 2 rings (SSSR count). The maximum absolute atomic E-state index is 9.66. The van der Waals surface area contributed by atoms with E-state index in [1.54, 1.807) is 12.1 Å². The molecule has 0 amide bonds. The predicted molar refractivity (Wildman–Crippen MR) is 69.7 cm³/mol. The second kappa shape index (κ2) is 5.00. The smallest absolute Gasteiger partial charge is 0.151 e. The average Bonchev–Trinajstić information content (AvgIpc) is 2.69. The molecular formula is C13H17N3O2. The van der Waals surface area contributed by atoms with Gasteiger partial charge in [-0.3, -0.25) is 4.68 Å². The van der Waals surface area contributed by atoms with Gasteiger partial charge in [0.25, 0.3) is 0 Å². The van der Waals surface area contributed by atoms with Crippen LogP contribution in [0.3, 0.4) is 0 Å². The monoisotopic (exact) mass is 247 g/mol. The number of aryl methyl sites for hydroxylation is 2. The molecule has 0 atom stereocenters. The van der Waals surface area contributed by atoms with E-state index in [4.69, 9.17) is 0 Å². The molecule has 0 saturated carbocycles. The van der Waals surface area contributed by atoms with Crippen molar-refractivity contribution in [1.82, 2.24) is 9.78 Å². The fraction of sp³-hybridized carbons (Fsp3) is 0.308. The van der Waals surface area contributed by atoms with Crippen LogP contribution in [0.1, 0.15) is 18.1 Å². The van der Waals surface area contributed by atoms with Gasteiger partial charge in [-0.1, -0.05) is 0 Å². The summed E-state index contributed by atoms with van der Waals surface area (Å²) in [7, 11) is 0. The van der Waals surface area contributed by atoms with Gasteiger partial charge < -0.3 is 15.5 Å². The molecular weight excluding hydrogens is 230 g/mol. The summed E-state index contributed by atoms with van der Waals surface area (Å²) in [6, 6.07) is 4.56. The first-order chi connectivity index (χ1) is 8.60. The van der Waals surface area contributed by atoms with Gasteiger partial charge in [0.15, 0.2) is 5.82 Å². The van der Waals surface area contributed by atoms with Crippen LogP contribution in [0, 0.1) is 6.92 Å². The average molecular weight is 247 g/mol. The molecule has 0 spiro atoms. The lowest BCUT2D eigenvalue weighted by atomic mass is 10.2. The zero-order valence-corrected chi connectivity index (χ0v) is 10.5. The van der Waals surface area contributed by atoms with Crippen LogP contribution in [0.4, 0.5) is 5.82 Å². The Hall–Kier alpha value is -2.17. The number of nitrogens with one attached hydrogen (secondary N) is 1. The Bertz CT molecular complexity index is 549. The number of anilines is 1. The molecule has 0 aliphatic heterocycles. The van der Waals surface area contributed by atoms with Gasteiger partial charge in [-0.2, -0.15) is 5.10 Å². The third-order valence-corrected chi connectivity index (χ3v) is 2.78. The second-order valence-corrected chi connectivity index (χ2v) is 4.18. The van der Waals surface area contributed by atoms with Gasteiger partial charge in [0.2, 0.25) is 0 Å². The quantitative estimate of drug-likeness (QED) is 0.775. The number of benzene rings is 1. The number of hydrogen-bond donors (Lipinski definition) is 3. The summed E-state index contributed by atoms with van der Waals surface area (Å²) in [4.78, 5) is 0. The van der Waals surface area contributed by atoms with Crippen LogP contribution in [0.2, 0.25) is 0 Å². The molecule has 0 saturated heterocycles. The van der Waals surface area contributed by atoms with Gasteiger partial charge in [-0.25, -0.2) is 0 Å². The van der Waals surface area contributed by atoms with Crippen LogP contribution >= 0.6 is 0 Å². The summed E-state index contributed by atoms with van der Waals surface area (Å²) in [5.41, 5.74) is 1.79. The van der Waals surface area contributed by atoms with E-state index in [0.29, 0.717) is 6.54 Å². The van der Waals surface area contributed by atoms with Gasteiger partial charge >= 0.3 is 0 Å². The minimum absolute atomic E-state index is 0.0580. The molecule has 0 aliphatic rings. The predicted octanol–water partition coefficient (Wildman–Crippen LogP) is 2.23. The molecule has 1 aromatic carbocycles. The first-order valence-corrected chi connectivity index (χ1v) is 5.89. The number of aromatic nitrogens is 2. The van der Waals surface area contributed by atoms with Gasteiger partial charge in [0, 0.05) is 36.5 Å². The Morgan fingerprint density at radius 2 is 2.11 bits per heavy atom.